The summed E-state index contributed by atoms with van der Waals surface area (Å²) in [6, 6.07) is 7.10. The molecule has 1 aromatic carbocycles. The van der Waals surface area contributed by atoms with Crippen molar-refractivity contribution < 1.29 is 14.3 Å². The monoisotopic (exact) mass is 511 g/mol. The van der Waals surface area contributed by atoms with Crippen molar-refractivity contribution in [1.82, 2.24) is 9.97 Å². The highest BCUT2D eigenvalue weighted by atomic mass is 16.6. The summed E-state index contributed by atoms with van der Waals surface area (Å²) >= 11 is 0. The summed E-state index contributed by atoms with van der Waals surface area (Å²) in [5.74, 6) is 0.131. The fourth-order valence-electron chi connectivity index (χ4n) is 4.43. The number of ether oxygens (including phenoxy) is 1. The van der Waals surface area contributed by atoms with Crippen LogP contribution in [0.2, 0.25) is 0 Å². The minimum absolute atomic E-state index is 0.174. The number of aromatic nitrogens is 2. The molecule has 1 amide bonds. The summed E-state index contributed by atoms with van der Waals surface area (Å²) in [6.45, 7) is 8.49. The van der Waals surface area contributed by atoms with Gasteiger partial charge in [-0.1, -0.05) is 90.4 Å². The molecule has 0 bridgehead atoms. The second-order valence-electron chi connectivity index (χ2n) is 11.0. The van der Waals surface area contributed by atoms with Crippen molar-refractivity contribution in [3.05, 3.63) is 48.0 Å². The summed E-state index contributed by atoms with van der Waals surface area (Å²) in [4.78, 5) is 34.0. The Labute approximate surface area is 224 Å². The van der Waals surface area contributed by atoms with Gasteiger partial charge in [0.1, 0.15) is 5.60 Å². The van der Waals surface area contributed by atoms with Crippen LogP contribution in [0.15, 0.2) is 36.7 Å². The highest BCUT2D eigenvalue weighted by Gasteiger charge is 2.23. The van der Waals surface area contributed by atoms with Crippen LogP contribution < -0.4 is 4.90 Å². The van der Waals surface area contributed by atoms with Crippen LogP contribution in [0.1, 0.15) is 134 Å². The quantitative estimate of drug-likeness (QED) is 0.160. The van der Waals surface area contributed by atoms with E-state index in [4.69, 9.17) is 4.74 Å². The summed E-state index contributed by atoms with van der Waals surface area (Å²) in [6.07, 6.45) is 21.0. The minimum Gasteiger partial charge on any atom is -0.443 e. The van der Waals surface area contributed by atoms with Crippen LogP contribution >= 0.6 is 0 Å². The topological polar surface area (TPSA) is 75.3 Å². The molecule has 2 aromatic rings. The highest BCUT2D eigenvalue weighted by molar-refractivity contribution is 6.06. The Hall–Kier alpha value is -2.63. The Kier molecular flexibility index (Phi) is 14.0. The van der Waals surface area contributed by atoms with Gasteiger partial charge < -0.3 is 9.72 Å². The van der Waals surface area contributed by atoms with E-state index in [-0.39, 0.29) is 11.9 Å². The third-order valence-corrected chi connectivity index (χ3v) is 6.50. The zero-order valence-electron chi connectivity index (χ0n) is 23.7. The van der Waals surface area contributed by atoms with E-state index >= 15 is 0 Å². The third-order valence-electron chi connectivity index (χ3n) is 6.50. The first-order valence-corrected chi connectivity index (χ1v) is 14.5. The Balaban J connectivity index is 1.74. The fraction of sp³-hybridized carbons (Fsp3) is 0.645. The first-order chi connectivity index (χ1) is 17.8. The molecule has 0 spiro atoms. The summed E-state index contributed by atoms with van der Waals surface area (Å²) < 4.78 is 5.67. The van der Waals surface area contributed by atoms with Gasteiger partial charge in [0, 0.05) is 30.2 Å². The molecule has 37 heavy (non-hydrogen) atoms. The SMILES string of the molecule is CCCCCCCCCCCCCCCCN(C(=O)OC(C)(C)C)c1ccc(C(=O)c2ncc[nH]2)cc1. The van der Waals surface area contributed by atoms with Crippen molar-refractivity contribution in [2.45, 2.75) is 123 Å². The molecule has 0 aliphatic heterocycles. The van der Waals surface area contributed by atoms with Crippen LogP contribution in [-0.2, 0) is 4.74 Å². The van der Waals surface area contributed by atoms with Crippen molar-refractivity contribution in [3.63, 3.8) is 0 Å². The largest absolute Gasteiger partial charge is 0.443 e. The number of imidazole rings is 1. The van der Waals surface area contributed by atoms with Crippen LogP contribution in [0.5, 0.6) is 0 Å². The lowest BCUT2D eigenvalue weighted by molar-refractivity contribution is 0.0579. The maximum absolute atomic E-state index is 13.0. The Morgan fingerprint density at radius 1 is 0.811 bits per heavy atom. The van der Waals surface area contributed by atoms with E-state index in [0.717, 1.165) is 18.5 Å². The first-order valence-electron chi connectivity index (χ1n) is 14.5. The van der Waals surface area contributed by atoms with Gasteiger partial charge in [0.15, 0.2) is 5.82 Å². The smallest absolute Gasteiger partial charge is 0.414 e. The lowest BCUT2D eigenvalue weighted by atomic mass is 10.0. The molecule has 6 nitrogen and oxygen atoms in total. The normalized spacial score (nSPS) is 11.5. The molecular weight excluding hydrogens is 462 g/mol. The number of hydrogen-bond donors (Lipinski definition) is 1. The van der Waals surface area contributed by atoms with Crippen LogP contribution in [0.3, 0.4) is 0 Å². The molecule has 0 aliphatic rings. The van der Waals surface area contributed by atoms with E-state index in [9.17, 15) is 9.59 Å². The molecule has 0 fully saturated rings. The number of unbranched alkanes of at least 4 members (excludes halogenated alkanes) is 13. The van der Waals surface area contributed by atoms with Gasteiger partial charge in [0.05, 0.1) is 0 Å². The van der Waals surface area contributed by atoms with Crippen LogP contribution in [0.4, 0.5) is 10.5 Å². The molecule has 0 atom stereocenters. The number of carbonyl (C=O) groups excluding carboxylic acids is 2. The molecule has 2 rings (SSSR count). The van der Waals surface area contributed by atoms with Crippen LogP contribution in [0.25, 0.3) is 0 Å². The van der Waals surface area contributed by atoms with Crippen LogP contribution in [0, 0.1) is 0 Å². The molecule has 1 aromatic heterocycles. The van der Waals surface area contributed by atoms with E-state index in [0.29, 0.717) is 17.9 Å². The number of nitrogens with zero attached hydrogens (tertiary/aromatic N) is 2. The first kappa shape index (κ1) is 30.6. The lowest BCUT2D eigenvalue weighted by Crippen LogP contribution is -2.37. The Morgan fingerprint density at radius 3 is 1.78 bits per heavy atom. The van der Waals surface area contributed by atoms with Gasteiger partial charge in [-0.2, -0.15) is 0 Å². The number of carbonyl (C=O) groups is 2. The van der Waals surface area contributed by atoms with Crippen molar-refractivity contribution in [1.29, 1.82) is 0 Å². The molecule has 0 unspecified atom stereocenters. The molecule has 1 N–H and O–H groups in total. The Bertz CT molecular complexity index is 885. The molecule has 1 heterocycles. The van der Waals surface area contributed by atoms with E-state index in [1.54, 1.807) is 29.4 Å². The predicted molar refractivity (Wildman–Crippen MR) is 152 cm³/mol. The number of aromatic amines is 1. The van der Waals surface area contributed by atoms with Crippen molar-refractivity contribution >= 4 is 17.6 Å². The van der Waals surface area contributed by atoms with Gasteiger partial charge in [-0.3, -0.25) is 9.69 Å². The van der Waals surface area contributed by atoms with Gasteiger partial charge in [-0.15, -0.1) is 0 Å². The summed E-state index contributed by atoms with van der Waals surface area (Å²) in [7, 11) is 0. The van der Waals surface area contributed by atoms with E-state index in [2.05, 4.69) is 16.9 Å². The zero-order valence-corrected chi connectivity index (χ0v) is 23.7. The second-order valence-corrected chi connectivity index (χ2v) is 11.0. The van der Waals surface area contributed by atoms with E-state index < -0.39 is 5.60 Å². The molecule has 0 saturated heterocycles. The van der Waals surface area contributed by atoms with Gasteiger partial charge >= 0.3 is 6.09 Å². The molecule has 0 saturated carbocycles. The maximum atomic E-state index is 13.0. The number of benzene rings is 1. The molecule has 0 aliphatic carbocycles. The van der Waals surface area contributed by atoms with E-state index in [1.165, 1.54) is 77.0 Å². The standard InChI is InChI=1S/C31H49N3O3/c1-5-6-7-8-9-10-11-12-13-14-15-16-17-18-25-34(30(36)37-31(2,3)4)27-21-19-26(20-22-27)28(35)29-32-23-24-33-29/h19-24H,5-18,25H2,1-4H3,(H,32,33). The number of ketones is 1. The minimum atomic E-state index is -0.569. The summed E-state index contributed by atoms with van der Waals surface area (Å²) in [5, 5.41) is 0. The van der Waals surface area contributed by atoms with Gasteiger partial charge in [-0.25, -0.2) is 9.78 Å². The van der Waals surface area contributed by atoms with E-state index in [1.807, 2.05) is 32.9 Å². The lowest BCUT2D eigenvalue weighted by Gasteiger charge is -2.27. The van der Waals surface area contributed by atoms with Crippen molar-refractivity contribution in [2.75, 3.05) is 11.4 Å². The number of H-pyrrole nitrogens is 1. The Morgan fingerprint density at radius 2 is 1.32 bits per heavy atom. The molecular formula is C31H49N3O3. The second kappa shape index (κ2) is 17.0. The summed E-state index contributed by atoms with van der Waals surface area (Å²) in [5.41, 5.74) is 0.694. The van der Waals surface area contributed by atoms with Crippen molar-refractivity contribution in [3.8, 4) is 0 Å². The number of amides is 1. The maximum Gasteiger partial charge on any atom is 0.414 e. The number of rotatable bonds is 18. The van der Waals surface area contributed by atoms with Gasteiger partial charge in [0.2, 0.25) is 5.78 Å². The van der Waals surface area contributed by atoms with Crippen molar-refractivity contribution in [2.24, 2.45) is 0 Å². The number of nitrogens with one attached hydrogen (secondary N) is 1. The average Bonchev–Trinajstić information content (AvgIpc) is 3.40. The zero-order chi connectivity index (χ0) is 26.9. The highest BCUT2D eigenvalue weighted by Crippen LogP contribution is 2.21. The van der Waals surface area contributed by atoms with Gasteiger partial charge in [0.25, 0.3) is 0 Å². The predicted octanol–water partition coefficient (Wildman–Crippen LogP) is 8.86. The molecule has 0 radical (unpaired) electrons. The molecule has 206 valence electrons. The van der Waals surface area contributed by atoms with Crippen LogP contribution in [-0.4, -0.2) is 34.0 Å². The third kappa shape index (κ3) is 12.4. The van der Waals surface area contributed by atoms with Gasteiger partial charge in [-0.05, 0) is 51.5 Å². The number of anilines is 1. The fourth-order valence-corrected chi connectivity index (χ4v) is 4.43. The average molecular weight is 512 g/mol. The number of hydrogen-bond acceptors (Lipinski definition) is 4. The molecule has 6 heteroatoms.